The molecule has 0 bridgehead atoms. The summed E-state index contributed by atoms with van der Waals surface area (Å²) in [6.45, 7) is 8.76. The Labute approximate surface area is 154 Å². The van der Waals surface area contributed by atoms with Crippen LogP contribution in [-0.4, -0.2) is 42.3 Å². The molecular weight excluding hydrogens is 368 g/mol. The second-order valence-electron chi connectivity index (χ2n) is 7.48. The molecule has 1 saturated heterocycles. The number of carbonyl (C=O) groups excluding carboxylic acids is 1. The first kappa shape index (κ1) is 19.3. The highest BCUT2D eigenvalue weighted by atomic mass is 79.9. The summed E-state index contributed by atoms with van der Waals surface area (Å²) in [7, 11) is 0. The van der Waals surface area contributed by atoms with Gasteiger partial charge in [-0.1, -0.05) is 34.1 Å². The Morgan fingerprint density at radius 1 is 1.38 bits per heavy atom. The van der Waals surface area contributed by atoms with Gasteiger partial charge in [0.25, 0.3) is 0 Å². The molecule has 0 radical (unpaired) electrons. The van der Waals surface area contributed by atoms with Crippen LogP contribution in [0.2, 0.25) is 0 Å². The van der Waals surface area contributed by atoms with Crippen molar-refractivity contribution >= 4 is 22.0 Å². The molecule has 1 aliphatic rings. The summed E-state index contributed by atoms with van der Waals surface area (Å²) >= 11 is 3.61. The van der Waals surface area contributed by atoms with Gasteiger partial charge < -0.3 is 15.0 Å². The maximum absolute atomic E-state index is 11.9. The minimum atomic E-state index is -0.443. The van der Waals surface area contributed by atoms with Crippen LogP contribution in [0.25, 0.3) is 0 Å². The van der Waals surface area contributed by atoms with Gasteiger partial charge >= 0.3 is 6.09 Å². The fourth-order valence-corrected chi connectivity index (χ4v) is 3.53. The highest BCUT2D eigenvalue weighted by molar-refractivity contribution is 9.10. The van der Waals surface area contributed by atoms with Crippen molar-refractivity contribution in [3.8, 4) is 0 Å². The van der Waals surface area contributed by atoms with Crippen molar-refractivity contribution in [2.24, 2.45) is 0 Å². The van der Waals surface area contributed by atoms with Crippen molar-refractivity contribution in [1.82, 2.24) is 10.2 Å². The first-order valence-electron chi connectivity index (χ1n) is 8.79. The second kappa shape index (κ2) is 8.86. The molecular formula is C19H29BrN2O2. The minimum absolute atomic E-state index is 0.192. The Kier molecular flexibility index (Phi) is 7.11. The molecule has 134 valence electrons. The lowest BCUT2D eigenvalue weighted by Gasteiger charge is -2.33. The molecule has 1 aromatic rings. The molecule has 0 aliphatic carbocycles. The highest BCUT2D eigenvalue weighted by Gasteiger charge is 2.23. The first-order valence-corrected chi connectivity index (χ1v) is 9.58. The Morgan fingerprint density at radius 2 is 2.12 bits per heavy atom. The largest absolute Gasteiger partial charge is 0.444 e. The predicted molar refractivity (Wildman–Crippen MR) is 101 cm³/mol. The summed E-state index contributed by atoms with van der Waals surface area (Å²) in [6.07, 6.45) is 4.04. The summed E-state index contributed by atoms with van der Waals surface area (Å²) in [5.41, 5.74) is 0.916. The topological polar surface area (TPSA) is 41.6 Å². The van der Waals surface area contributed by atoms with Crippen molar-refractivity contribution in [3.05, 3.63) is 34.3 Å². The third-order valence-electron chi connectivity index (χ3n) is 4.10. The fourth-order valence-electron chi connectivity index (χ4n) is 3.04. The number of likely N-dealkylation sites (tertiary alicyclic amines) is 1. The smallest absolute Gasteiger partial charge is 0.407 e. The lowest BCUT2D eigenvalue weighted by Crippen LogP contribution is -2.49. The molecule has 1 unspecified atom stereocenters. The van der Waals surface area contributed by atoms with E-state index in [1.54, 1.807) is 0 Å². The first-order chi connectivity index (χ1) is 11.3. The number of nitrogens with zero attached hydrogens (tertiary/aromatic N) is 1. The summed E-state index contributed by atoms with van der Waals surface area (Å²) in [4.78, 5) is 14.4. The number of hydrogen-bond donors (Lipinski definition) is 1. The monoisotopic (exact) mass is 396 g/mol. The molecule has 0 aromatic heterocycles. The lowest BCUT2D eigenvalue weighted by molar-refractivity contribution is 0.0472. The van der Waals surface area contributed by atoms with E-state index >= 15 is 0 Å². The molecule has 2 rings (SSSR count). The van der Waals surface area contributed by atoms with Crippen LogP contribution in [0, 0.1) is 0 Å². The number of amides is 1. The van der Waals surface area contributed by atoms with Gasteiger partial charge in [0.05, 0.1) is 0 Å². The maximum atomic E-state index is 11.9. The summed E-state index contributed by atoms with van der Waals surface area (Å²) in [5, 5.41) is 3.01. The normalized spacial score (nSPS) is 19.1. The van der Waals surface area contributed by atoms with Gasteiger partial charge in [-0.25, -0.2) is 4.79 Å². The molecule has 1 amide bonds. The number of carbonyl (C=O) groups is 1. The standard InChI is InChI=1S/C19H29BrN2O2/c1-19(2,3)24-18(23)21-16-10-7-13-22(14-16)12-6-9-15-8-4-5-11-17(15)20/h4-5,8,11,16H,6-7,9-10,12-14H2,1-3H3,(H,21,23). The molecule has 24 heavy (non-hydrogen) atoms. The van der Waals surface area contributed by atoms with Gasteiger partial charge in [-0.3, -0.25) is 0 Å². The zero-order chi connectivity index (χ0) is 17.6. The summed E-state index contributed by atoms with van der Waals surface area (Å²) < 4.78 is 6.54. The summed E-state index contributed by atoms with van der Waals surface area (Å²) in [5.74, 6) is 0. The van der Waals surface area contributed by atoms with E-state index in [9.17, 15) is 4.79 Å². The third kappa shape index (κ3) is 6.81. The average molecular weight is 397 g/mol. The number of rotatable bonds is 5. The SMILES string of the molecule is CC(C)(C)OC(=O)NC1CCCN(CCCc2ccccc2Br)C1. The second-order valence-corrected chi connectivity index (χ2v) is 8.34. The molecule has 0 spiro atoms. The van der Waals surface area contributed by atoms with Gasteiger partial charge in [0.1, 0.15) is 5.60 Å². The number of benzene rings is 1. The van der Waals surface area contributed by atoms with Crippen molar-refractivity contribution in [2.75, 3.05) is 19.6 Å². The van der Waals surface area contributed by atoms with E-state index in [2.05, 4.69) is 44.3 Å². The van der Waals surface area contributed by atoms with E-state index in [-0.39, 0.29) is 12.1 Å². The highest BCUT2D eigenvalue weighted by Crippen LogP contribution is 2.18. The van der Waals surface area contributed by atoms with E-state index < -0.39 is 5.60 Å². The van der Waals surface area contributed by atoms with Crippen molar-refractivity contribution in [3.63, 3.8) is 0 Å². The van der Waals surface area contributed by atoms with Crippen molar-refractivity contribution < 1.29 is 9.53 Å². The van der Waals surface area contributed by atoms with Gasteiger partial charge in [-0.2, -0.15) is 0 Å². The molecule has 4 nitrogen and oxygen atoms in total. The number of halogens is 1. The van der Waals surface area contributed by atoms with Crippen molar-refractivity contribution in [2.45, 2.75) is 58.1 Å². The van der Waals surface area contributed by atoms with E-state index in [1.807, 2.05) is 26.8 Å². The molecule has 0 saturated carbocycles. The molecule has 1 fully saturated rings. The van der Waals surface area contributed by atoms with E-state index in [4.69, 9.17) is 4.74 Å². The molecule has 1 N–H and O–H groups in total. The third-order valence-corrected chi connectivity index (χ3v) is 4.88. The van der Waals surface area contributed by atoms with Crippen molar-refractivity contribution in [1.29, 1.82) is 0 Å². The number of ether oxygens (including phenoxy) is 1. The van der Waals surface area contributed by atoms with Crippen LogP contribution < -0.4 is 5.32 Å². The van der Waals surface area contributed by atoms with Crippen LogP contribution in [0.3, 0.4) is 0 Å². The van der Waals surface area contributed by atoms with Gasteiger partial charge in [0.2, 0.25) is 0 Å². The molecule has 5 heteroatoms. The predicted octanol–water partition coefficient (Wildman–Crippen LogP) is 4.37. The van der Waals surface area contributed by atoms with E-state index in [0.29, 0.717) is 0 Å². The Morgan fingerprint density at radius 3 is 2.83 bits per heavy atom. The number of alkyl carbamates (subject to hydrolysis) is 1. The van der Waals surface area contributed by atoms with Gasteiger partial charge in [0.15, 0.2) is 0 Å². The number of aryl methyl sites for hydroxylation is 1. The molecule has 1 atom stereocenters. The van der Waals surface area contributed by atoms with Crippen LogP contribution in [0.1, 0.15) is 45.6 Å². The zero-order valence-electron chi connectivity index (χ0n) is 15.0. The number of hydrogen-bond acceptors (Lipinski definition) is 3. The quantitative estimate of drug-likeness (QED) is 0.802. The van der Waals surface area contributed by atoms with E-state index in [0.717, 1.165) is 45.3 Å². The fraction of sp³-hybridized carbons (Fsp3) is 0.632. The van der Waals surface area contributed by atoms with Crippen LogP contribution in [0.4, 0.5) is 4.79 Å². The molecule has 1 aliphatic heterocycles. The average Bonchev–Trinajstić information content (AvgIpc) is 2.47. The number of piperidine rings is 1. The minimum Gasteiger partial charge on any atom is -0.444 e. The Bertz CT molecular complexity index is 542. The van der Waals surface area contributed by atoms with Gasteiger partial charge in [0, 0.05) is 17.1 Å². The van der Waals surface area contributed by atoms with Gasteiger partial charge in [-0.05, 0) is 71.2 Å². The lowest BCUT2D eigenvalue weighted by atomic mass is 10.0. The Hall–Kier alpha value is -1.07. The van der Waals surface area contributed by atoms with Crippen LogP contribution >= 0.6 is 15.9 Å². The maximum Gasteiger partial charge on any atom is 0.407 e. The molecule has 1 aromatic carbocycles. The zero-order valence-corrected chi connectivity index (χ0v) is 16.6. The molecule has 1 heterocycles. The Balaban J connectivity index is 1.73. The van der Waals surface area contributed by atoms with Crippen LogP contribution in [-0.2, 0) is 11.2 Å². The van der Waals surface area contributed by atoms with Gasteiger partial charge in [-0.15, -0.1) is 0 Å². The van der Waals surface area contributed by atoms with Crippen LogP contribution in [0.15, 0.2) is 28.7 Å². The summed E-state index contributed by atoms with van der Waals surface area (Å²) in [6, 6.07) is 8.59. The van der Waals surface area contributed by atoms with Crippen LogP contribution in [0.5, 0.6) is 0 Å². The van der Waals surface area contributed by atoms with E-state index in [1.165, 1.54) is 10.0 Å². The number of nitrogens with one attached hydrogen (secondary N) is 1.